The van der Waals surface area contributed by atoms with Crippen molar-refractivity contribution in [1.82, 2.24) is 14.6 Å². The lowest BCUT2D eigenvalue weighted by molar-refractivity contribution is -0.384. The van der Waals surface area contributed by atoms with Gasteiger partial charge in [0.25, 0.3) is 11.6 Å². The van der Waals surface area contributed by atoms with Crippen LogP contribution in [-0.4, -0.2) is 32.5 Å². The molecule has 2 aromatic heterocycles. The number of hydrogen-bond donors (Lipinski definition) is 1. The third kappa shape index (κ3) is 4.77. The quantitative estimate of drug-likeness (QED) is 0.233. The van der Waals surface area contributed by atoms with Gasteiger partial charge in [0.2, 0.25) is 0 Å². The summed E-state index contributed by atoms with van der Waals surface area (Å²) in [5.74, 6) is -0.391. The number of amides is 1. The van der Waals surface area contributed by atoms with E-state index in [1.807, 2.05) is 0 Å². The second-order valence-corrected chi connectivity index (χ2v) is 8.23. The molecular weight excluding hydrogens is 559 g/mol. The molecule has 0 aliphatic heterocycles. The van der Waals surface area contributed by atoms with E-state index < -0.39 is 28.4 Å². The van der Waals surface area contributed by atoms with Crippen molar-refractivity contribution < 1.29 is 27.6 Å². The molecule has 0 radical (unpaired) electrons. The molecular formula is C21H12BrClF3N5O4. The molecule has 0 atom stereocenters. The Morgan fingerprint density at radius 3 is 2.46 bits per heavy atom. The van der Waals surface area contributed by atoms with Gasteiger partial charge in [-0.1, -0.05) is 11.6 Å². The number of non-ortho nitro benzene ring substituents is 1. The third-order valence-corrected chi connectivity index (χ3v) is 5.88. The van der Waals surface area contributed by atoms with Gasteiger partial charge in [-0.25, -0.2) is 9.50 Å². The van der Waals surface area contributed by atoms with E-state index in [2.05, 4.69) is 31.3 Å². The van der Waals surface area contributed by atoms with Crippen LogP contribution in [-0.2, 0) is 6.18 Å². The Balaban J connectivity index is 1.79. The van der Waals surface area contributed by atoms with Crippen LogP contribution < -0.4 is 10.1 Å². The Hall–Kier alpha value is -3.71. The van der Waals surface area contributed by atoms with E-state index in [1.54, 1.807) is 24.3 Å². The monoisotopic (exact) mass is 569 g/mol. The Morgan fingerprint density at radius 2 is 1.89 bits per heavy atom. The predicted octanol–water partition coefficient (Wildman–Crippen LogP) is 6.00. The summed E-state index contributed by atoms with van der Waals surface area (Å²) in [6.07, 6.45) is -4.82. The molecule has 0 saturated heterocycles. The number of hydrogen-bond acceptors (Lipinski definition) is 6. The minimum absolute atomic E-state index is 0.00144. The van der Waals surface area contributed by atoms with Crippen LogP contribution in [0.3, 0.4) is 0 Å². The van der Waals surface area contributed by atoms with Gasteiger partial charge >= 0.3 is 6.18 Å². The molecule has 4 aromatic rings. The van der Waals surface area contributed by atoms with E-state index in [0.717, 1.165) is 18.2 Å². The molecule has 0 unspecified atom stereocenters. The van der Waals surface area contributed by atoms with Crippen LogP contribution >= 0.6 is 27.5 Å². The Bertz CT molecular complexity index is 1470. The fourth-order valence-corrected chi connectivity index (χ4v) is 3.89. The zero-order chi connectivity index (χ0) is 25.5. The first-order valence-corrected chi connectivity index (χ1v) is 10.7. The molecule has 0 bridgehead atoms. The number of halogens is 5. The third-order valence-electron chi connectivity index (χ3n) is 4.84. The van der Waals surface area contributed by atoms with Gasteiger partial charge in [-0.15, -0.1) is 0 Å². The van der Waals surface area contributed by atoms with Crippen LogP contribution in [0.2, 0.25) is 5.02 Å². The standard InChI is InChI=1S/C21H12BrClF3N5O4/c1-35-12-5-2-10(3-6-12)15-9-16(21(24,25)26)30-19(27-15)17(22)18(29-30)20(32)28-14-7-4-11(31(33)34)8-13(14)23/h2-9H,1H3,(H,28,32). The molecule has 35 heavy (non-hydrogen) atoms. The van der Waals surface area contributed by atoms with Gasteiger partial charge in [0.05, 0.1) is 32.9 Å². The van der Waals surface area contributed by atoms with Crippen molar-refractivity contribution in [2.75, 3.05) is 12.4 Å². The number of nitrogens with zero attached hydrogens (tertiary/aromatic N) is 4. The smallest absolute Gasteiger partial charge is 0.433 e. The lowest BCUT2D eigenvalue weighted by Crippen LogP contribution is -2.16. The highest BCUT2D eigenvalue weighted by molar-refractivity contribution is 9.10. The molecule has 2 heterocycles. The van der Waals surface area contributed by atoms with E-state index in [1.165, 1.54) is 13.2 Å². The first kappa shape index (κ1) is 24.4. The zero-order valence-corrected chi connectivity index (χ0v) is 19.8. The van der Waals surface area contributed by atoms with Crippen LogP contribution in [0.25, 0.3) is 16.9 Å². The molecule has 1 N–H and O–H groups in total. The van der Waals surface area contributed by atoms with Gasteiger partial charge in [-0.05, 0) is 52.3 Å². The van der Waals surface area contributed by atoms with Gasteiger partial charge in [0, 0.05) is 17.7 Å². The van der Waals surface area contributed by atoms with Crippen LogP contribution in [0.1, 0.15) is 16.2 Å². The lowest BCUT2D eigenvalue weighted by Gasteiger charge is -2.11. The van der Waals surface area contributed by atoms with Crippen molar-refractivity contribution in [2.24, 2.45) is 0 Å². The van der Waals surface area contributed by atoms with E-state index in [-0.39, 0.29) is 32.2 Å². The summed E-state index contributed by atoms with van der Waals surface area (Å²) >= 11 is 9.12. The predicted molar refractivity (Wildman–Crippen MR) is 124 cm³/mol. The van der Waals surface area contributed by atoms with Gasteiger partial charge in [-0.2, -0.15) is 18.3 Å². The fraction of sp³-hybridized carbons (Fsp3) is 0.0952. The largest absolute Gasteiger partial charge is 0.497 e. The van der Waals surface area contributed by atoms with Gasteiger partial charge in [-0.3, -0.25) is 14.9 Å². The van der Waals surface area contributed by atoms with Crippen molar-refractivity contribution in [1.29, 1.82) is 0 Å². The molecule has 0 saturated carbocycles. The average Bonchev–Trinajstić information content (AvgIpc) is 3.15. The highest BCUT2D eigenvalue weighted by Crippen LogP contribution is 2.35. The molecule has 1 amide bonds. The topological polar surface area (TPSA) is 112 Å². The van der Waals surface area contributed by atoms with Gasteiger partial charge in [0.1, 0.15) is 5.75 Å². The number of aromatic nitrogens is 3. The van der Waals surface area contributed by atoms with Crippen molar-refractivity contribution in [3.63, 3.8) is 0 Å². The fourth-order valence-electron chi connectivity index (χ4n) is 3.15. The number of anilines is 1. The summed E-state index contributed by atoms with van der Waals surface area (Å²) in [5, 5.41) is 16.9. The van der Waals surface area contributed by atoms with Crippen LogP contribution in [0.5, 0.6) is 5.75 Å². The molecule has 9 nitrogen and oxygen atoms in total. The number of methoxy groups -OCH3 is 1. The van der Waals surface area contributed by atoms with Crippen molar-refractivity contribution >= 4 is 50.5 Å². The number of fused-ring (bicyclic) bond motifs is 1. The van der Waals surface area contributed by atoms with E-state index in [4.69, 9.17) is 16.3 Å². The maximum atomic E-state index is 13.9. The number of nitro groups is 1. The molecule has 2 aromatic carbocycles. The molecule has 0 aliphatic rings. The summed E-state index contributed by atoms with van der Waals surface area (Å²) in [6, 6.07) is 10.4. The summed E-state index contributed by atoms with van der Waals surface area (Å²) < 4.78 is 47.1. The minimum atomic E-state index is -4.82. The number of carbonyl (C=O) groups is 1. The second kappa shape index (κ2) is 9.15. The highest BCUT2D eigenvalue weighted by atomic mass is 79.9. The first-order valence-electron chi connectivity index (χ1n) is 9.55. The minimum Gasteiger partial charge on any atom is -0.497 e. The number of benzene rings is 2. The average molecular weight is 571 g/mol. The summed E-state index contributed by atoms with van der Waals surface area (Å²) in [4.78, 5) is 27.3. The summed E-state index contributed by atoms with van der Waals surface area (Å²) in [5.41, 5.74) is -1.70. The molecule has 0 fully saturated rings. The van der Waals surface area contributed by atoms with E-state index >= 15 is 0 Å². The highest BCUT2D eigenvalue weighted by Gasteiger charge is 2.36. The van der Waals surface area contributed by atoms with Crippen molar-refractivity contribution in [3.05, 3.63) is 79.5 Å². The van der Waals surface area contributed by atoms with Crippen LogP contribution in [0.4, 0.5) is 24.5 Å². The SMILES string of the molecule is COc1ccc(-c2cc(C(F)(F)F)n3nc(C(=O)Nc4ccc([N+](=O)[O-])cc4Cl)c(Br)c3n2)cc1. The lowest BCUT2D eigenvalue weighted by atomic mass is 10.1. The van der Waals surface area contributed by atoms with Crippen molar-refractivity contribution in [3.8, 4) is 17.0 Å². The summed E-state index contributed by atoms with van der Waals surface area (Å²) in [6.45, 7) is 0. The number of rotatable bonds is 5. The zero-order valence-electron chi connectivity index (χ0n) is 17.4. The normalized spacial score (nSPS) is 11.5. The van der Waals surface area contributed by atoms with Gasteiger partial charge in [0.15, 0.2) is 17.0 Å². The number of ether oxygens (including phenoxy) is 1. The van der Waals surface area contributed by atoms with E-state index in [9.17, 15) is 28.1 Å². The number of alkyl halides is 3. The van der Waals surface area contributed by atoms with Gasteiger partial charge < -0.3 is 10.1 Å². The van der Waals surface area contributed by atoms with E-state index in [0.29, 0.717) is 15.8 Å². The maximum Gasteiger partial charge on any atom is 0.433 e. The molecule has 0 aliphatic carbocycles. The molecule has 180 valence electrons. The summed E-state index contributed by atoms with van der Waals surface area (Å²) in [7, 11) is 1.46. The van der Waals surface area contributed by atoms with Crippen LogP contribution in [0, 0.1) is 10.1 Å². The Labute approximate surface area is 207 Å². The Kier molecular flexibility index (Phi) is 6.38. The molecule has 14 heteroatoms. The Morgan fingerprint density at radius 1 is 1.20 bits per heavy atom. The number of nitro benzene ring substituents is 1. The second-order valence-electron chi connectivity index (χ2n) is 7.03. The molecule has 0 spiro atoms. The number of nitrogens with one attached hydrogen (secondary N) is 1. The van der Waals surface area contributed by atoms with Crippen molar-refractivity contribution in [2.45, 2.75) is 6.18 Å². The van der Waals surface area contributed by atoms with Crippen LogP contribution in [0.15, 0.2) is 53.0 Å². The maximum absolute atomic E-state index is 13.9. The number of carbonyl (C=O) groups excluding carboxylic acids is 1. The first-order chi connectivity index (χ1) is 16.5. The molecule has 4 rings (SSSR count).